The van der Waals surface area contributed by atoms with Gasteiger partial charge in [-0.15, -0.1) is 0 Å². The quantitative estimate of drug-likeness (QED) is 0.501. The standard InChI is InChI=1S/C9H14O/c1-9-5-3-2-4-7(9)6-8(9)10/h7H,2-6H2,1H3. The van der Waals surface area contributed by atoms with Crippen LogP contribution < -0.4 is 0 Å². The fourth-order valence-corrected chi connectivity index (χ4v) is 2.43. The van der Waals surface area contributed by atoms with E-state index in [0.717, 1.165) is 18.8 Å². The van der Waals surface area contributed by atoms with Crippen LogP contribution in [0.2, 0.25) is 0 Å². The normalized spacial score (nSPS) is 46.1. The summed E-state index contributed by atoms with van der Waals surface area (Å²) in [4.78, 5) is 11.2. The molecule has 0 aliphatic heterocycles. The zero-order chi connectivity index (χ0) is 7.19. The predicted molar refractivity (Wildman–Crippen MR) is 39.7 cm³/mol. The van der Waals surface area contributed by atoms with Crippen LogP contribution >= 0.6 is 0 Å². The number of rotatable bonds is 0. The molecule has 0 aromatic carbocycles. The van der Waals surface area contributed by atoms with Crippen molar-refractivity contribution in [2.45, 2.75) is 39.0 Å². The molecular formula is C9H14O. The molecule has 2 aliphatic rings. The number of ketones is 1. The van der Waals surface area contributed by atoms with Gasteiger partial charge in [-0.1, -0.05) is 19.8 Å². The molecule has 2 unspecified atom stereocenters. The molecular weight excluding hydrogens is 124 g/mol. The second-order valence-corrected chi connectivity index (χ2v) is 3.99. The SMILES string of the molecule is CC12CCCCC1CC2=O. The van der Waals surface area contributed by atoms with Crippen molar-refractivity contribution in [3.8, 4) is 0 Å². The van der Waals surface area contributed by atoms with Crippen LogP contribution in [0.5, 0.6) is 0 Å². The zero-order valence-electron chi connectivity index (χ0n) is 6.52. The molecule has 0 aromatic rings. The molecule has 2 saturated carbocycles. The smallest absolute Gasteiger partial charge is 0.139 e. The Bertz CT molecular complexity index is 174. The molecule has 0 heterocycles. The first-order valence-corrected chi connectivity index (χ1v) is 4.27. The van der Waals surface area contributed by atoms with Crippen LogP contribution in [0.15, 0.2) is 0 Å². The number of carbonyl (C=O) groups is 1. The van der Waals surface area contributed by atoms with Gasteiger partial charge in [0.2, 0.25) is 0 Å². The predicted octanol–water partition coefficient (Wildman–Crippen LogP) is 2.16. The summed E-state index contributed by atoms with van der Waals surface area (Å²) in [6, 6.07) is 0. The van der Waals surface area contributed by atoms with E-state index in [1.54, 1.807) is 0 Å². The summed E-state index contributed by atoms with van der Waals surface area (Å²) < 4.78 is 0. The van der Waals surface area contributed by atoms with Crippen molar-refractivity contribution >= 4 is 5.78 Å². The molecule has 2 atom stereocenters. The summed E-state index contributed by atoms with van der Waals surface area (Å²) in [5.41, 5.74) is 0.137. The molecule has 10 heavy (non-hydrogen) atoms. The second kappa shape index (κ2) is 1.84. The molecule has 2 rings (SSSR count). The van der Waals surface area contributed by atoms with Crippen LogP contribution in [-0.2, 0) is 4.79 Å². The summed E-state index contributed by atoms with van der Waals surface area (Å²) in [5.74, 6) is 1.28. The Balaban J connectivity index is 2.15. The van der Waals surface area contributed by atoms with Crippen LogP contribution in [0.25, 0.3) is 0 Å². The molecule has 0 saturated heterocycles. The van der Waals surface area contributed by atoms with Gasteiger partial charge in [0, 0.05) is 11.8 Å². The van der Waals surface area contributed by atoms with Crippen LogP contribution in [0.1, 0.15) is 39.0 Å². The molecule has 0 bridgehead atoms. The van der Waals surface area contributed by atoms with Gasteiger partial charge in [0.05, 0.1) is 0 Å². The van der Waals surface area contributed by atoms with Crippen LogP contribution in [0.4, 0.5) is 0 Å². The van der Waals surface area contributed by atoms with Crippen molar-refractivity contribution in [2.24, 2.45) is 11.3 Å². The number of fused-ring (bicyclic) bond motifs is 1. The van der Waals surface area contributed by atoms with Gasteiger partial charge >= 0.3 is 0 Å². The summed E-state index contributed by atoms with van der Waals surface area (Å²) in [5, 5.41) is 0. The average molecular weight is 138 g/mol. The Hall–Kier alpha value is -0.330. The van der Waals surface area contributed by atoms with Gasteiger partial charge in [-0.05, 0) is 18.8 Å². The van der Waals surface area contributed by atoms with Crippen molar-refractivity contribution < 1.29 is 4.79 Å². The van der Waals surface area contributed by atoms with Gasteiger partial charge < -0.3 is 0 Å². The van der Waals surface area contributed by atoms with Gasteiger partial charge in [-0.2, -0.15) is 0 Å². The first-order chi connectivity index (χ1) is 4.73. The van der Waals surface area contributed by atoms with Crippen molar-refractivity contribution in [3.05, 3.63) is 0 Å². The topological polar surface area (TPSA) is 17.1 Å². The maximum atomic E-state index is 11.2. The van der Waals surface area contributed by atoms with Gasteiger partial charge in [0.25, 0.3) is 0 Å². The number of hydrogen-bond donors (Lipinski definition) is 0. The van der Waals surface area contributed by atoms with E-state index in [0.29, 0.717) is 5.78 Å². The van der Waals surface area contributed by atoms with E-state index in [-0.39, 0.29) is 5.41 Å². The Morgan fingerprint density at radius 1 is 1.50 bits per heavy atom. The van der Waals surface area contributed by atoms with E-state index in [4.69, 9.17) is 0 Å². The monoisotopic (exact) mass is 138 g/mol. The highest BCUT2D eigenvalue weighted by molar-refractivity contribution is 5.91. The first kappa shape index (κ1) is 6.38. The number of Topliss-reactive ketones (excluding diaryl/α,β-unsaturated/α-hetero) is 1. The van der Waals surface area contributed by atoms with E-state index < -0.39 is 0 Å². The molecule has 0 N–H and O–H groups in total. The number of hydrogen-bond acceptors (Lipinski definition) is 1. The van der Waals surface area contributed by atoms with E-state index in [1.807, 2.05) is 0 Å². The molecule has 2 aliphatic carbocycles. The van der Waals surface area contributed by atoms with E-state index in [9.17, 15) is 4.79 Å². The summed E-state index contributed by atoms with van der Waals surface area (Å²) in [6.07, 6.45) is 5.99. The Kier molecular flexibility index (Phi) is 1.17. The highest BCUT2D eigenvalue weighted by atomic mass is 16.1. The third-order valence-corrected chi connectivity index (χ3v) is 3.47. The minimum absolute atomic E-state index is 0.137. The minimum atomic E-state index is 0.137. The lowest BCUT2D eigenvalue weighted by Gasteiger charge is -2.48. The van der Waals surface area contributed by atoms with Crippen LogP contribution in [0, 0.1) is 11.3 Å². The summed E-state index contributed by atoms with van der Waals surface area (Å²) in [7, 11) is 0. The van der Waals surface area contributed by atoms with Crippen molar-refractivity contribution in [2.75, 3.05) is 0 Å². The van der Waals surface area contributed by atoms with E-state index in [1.165, 1.54) is 19.3 Å². The van der Waals surface area contributed by atoms with Gasteiger partial charge in [-0.3, -0.25) is 4.79 Å². The fraction of sp³-hybridized carbons (Fsp3) is 0.889. The fourth-order valence-electron chi connectivity index (χ4n) is 2.43. The molecule has 0 spiro atoms. The van der Waals surface area contributed by atoms with Crippen molar-refractivity contribution in [1.82, 2.24) is 0 Å². The third-order valence-electron chi connectivity index (χ3n) is 3.47. The van der Waals surface area contributed by atoms with Crippen molar-refractivity contribution in [3.63, 3.8) is 0 Å². The molecule has 1 nitrogen and oxygen atoms in total. The molecule has 0 aromatic heterocycles. The lowest BCUT2D eigenvalue weighted by molar-refractivity contribution is -0.148. The van der Waals surface area contributed by atoms with Gasteiger partial charge in [0.15, 0.2) is 0 Å². The maximum absolute atomic E-state index is 11.2. The second-order valence-electron chi connectivity index (χ2n) is 3.99. The van der Waals surface area contributed by atoms with E-state index in [2.05, 4.69) is 6.92 Å². The van der Waals surface area contributed by atoms with Gasteiger partial charge in [-0.25, -0.2) is 0 Å². The molecule has 0 amide bonds. The molecule has 56 valence electrons. The van der Waals surface area contributed by atoms with E-state index >= 15 is 0 Å². The lowest BCUT2D eigenvalue weighted by atomic mass is 9.54. The van der Waals surface area contributed by atoms with Crippen molar-refractivity contribution in [1.29, 1.82) is 0 Å². The minimum Gasteiger partial charge on any atom is -0.299 e. The first-order valence-electron chi connectivity index (χ1n) is 4.27. The number of carbonyl (C=O) groups excluding carboxylic acids is 1. The maximum Gasteiger partial charge on any atom is 0.139 e. The Labute approximate surface area is 61.8 Å². The summed E-state index contributed by atoms with van der Waals surface area (Å²) in [6.45, 7) is 2.16. The Morgan fingerprint density at radius 2 is 2.30 bits per heavy atom. The molecule has 1 heteroatoms. The highest BCUT2D eigenvalue weighted by Gasteiger charge is 2.51. The average Bonchev–Trinajstić information content (AvgIpc) is 1.93. The molecule has 2 fully saturated rings. The van der Waals surface area contributed by atoms with Gasteiger partial charge in [0.1, 0.15) is 5.78 Å². The lowest BCUT2D eigenvalue weighted by Crippen LogP contribution is -2.49. The van der Waals surface area contributed by atoms with Crippen LogP contribution in [0.3, 0.4) is 0 Å². The van der Waals surface area contributed by atoms with Crippen LogP contribution in [-0.4, -0.2) is 5.78 Å². The highest BCUT2D eigenvalue weighted by Crippen LogP contribution is 2.52. The summed E-state index contributed by atoms with van der Waals surface area (Å²) >= 11 is 0. The zero-order valence-corrected chi connectivity index (χ0v) is 6.52. The third kappa shape index (κ3) is 0.609. The molecule has 0 radical (unpaired) electrons. The Morgan fingerprint density at radius 3 is 2.80 bits per heavy atom. The largest absolute Gasteiger partial charge is 0.299 e.